The van der Waals surface area contributed by atoms with E-state index >= 15 is 0 Å². The molecule has 0 bridgehead atoms. The van der Waals surface area contributed by atoms with Gasteiger partial charge in [0.1, 0.15) is 5.69 Å². The van der Waals surface area contributed by atoms with Crippen LogP contribution in [0.1, 0.15) is 69.1 Å². The van der Waals surface area contributed by atoms with Gasteiger partial charge in [-0.2, -0.15) is 0 Å². The van der Waals surface area contributed by atoms with Crippen LogP contribution in [0.15, 0.2) is 12.1 Å². The van der Waals surface area contributed by atoms with Gasteiger partial charge in [0.2, 0.25) is 5.91 Å². The zero-order valence-corrected chi connectivity index (χ0v) is 23.7. The van der Waals surface area contributed by atoms with Crippen molar-refractivity contribution in [1.29, 1.82) is 0 Å². The van der Waals surface area contributed by atoms with Crippen molar-refractivity contribution < 1.29 is 29.0 Å². The lowest BCUT2D eigenvalue weighted by Gasteiger charge is -2.43. The molecule has 0 radical (unpaired) electrons. The van der Waals surface area contributed by atoms with Crippen LogP contribution >= 0.6 is 0 Å². The van der Waals surface area contributed by atoms with Gasteiger partial charge in [-0.25, -0.2) is 4.79 Å². The molecule has 2 aliphatic heterocycles. The number of rotatable bonds is 11. The molecule has 0 aromatic carbocycles. The molecule has 1 aromatic rings. The van der Waals surface area contributed by atoms with Crippen molar-refractivity contribution in [3.8, 4) is 0 Å². The van der Waals surface area contributed by atoms with E-state index in [1.54, 1.807) is 12.0 Å². The smallest absolute Gasteiger partial charge is 0.407 e. The van der Waals surface area contributed by atoms with Gasteiger partial charge in [-0.15, -0.1) is 0 Å². The van der Waals surface area contributed by atoms with Crippen molar-refractivity contribution in [2.75, 3.05) is 59.7 Å². The quantitative estimate of drug-likeness (QED) is 0.437. The number of amides is 3. The van der Waals surface area contributed by atoms with Crippen LogP contribution in [-0.2, 0) is 20.8 Å². The van der Waals surface area contributed by atoms with Crippen molar-refractivity contribution in [3.05, 3.63) is 23.5 Å². The molecule has 1 aromatic heterocycles. The fourth-order valence-electron chi connectivity index (χ4n) is 5.55. The highest BCUT2D eigenvalue weighted by Crippen LogP contribution is 2.27. The maximum Gasteiger partial charge on any atom is 0.407 e. The van der Waals surface area contributed by atoms with Crippen molar-refractivity contribution in [3.63, 3.8) is 0 Å². The number of carbonyl (C=O) groups excluding carboxylic acids is 2. The first-order valence-corrected chi connectivity index (χ1v) is 14.0. The highest BCUT2D eigenvalue weighted by atomic mass is 16.5. The monoisotopic (exact) mass is 534 g/mol. The molecule has 2 fully saturated rings. The van der Waals surface area contributed by atoms with Crippen LogP contribution in [0.2, 0.25) is 0 Å². The number of hydrogen-bond acceptors (Lipinski definition) is 5. The van der Waals surface area contributed by atoms with Crippen molar-refractivity contribution in [1.82, 2.24) is 19.3 Å². The predicted molar refractivity (Wildman–Crippen MR) is 144 cm³/mol. The molecular formula is C28H46N4O6. The van der Waals surface area contributed by atoms with Gasteiger partial charge in [-0.05, 0) is 43.2 Å². The van der Waals surface area contributed by atoms with E-state index < -0.39 is 12.0 Å². The fraction of sp³-hybridized carbons (Fsp3) is 0.750. The molecule has 3 amide bonds. The number of morpholine rings is 1. The molecule has 3 rings (SSSR count). The van der Waals surface area contributed by atoms with Crippen LogP contribution in [-0.4, -0.2) is 108 Å². The average Bonchev–Trinajstić information content (AvgIpc) is 3.33. The number of unbranched alkanes of at least 4 members (excludes halogenated alkanes) is 1. The molecular weight excluding hydrogens is 488 g/mol. The van der Waals surface area contributed by atoms with Gasteiger partial charge in [0.25, 0.3) is 5.91 Å². The Balaban J connectivity index is 1.90. The lowest BCUT2D eigenvalue weighted by molar-refractivity contribution is -0.142. The molecule has 38 heavy (non-hydrogen) atoms. The van der Waals surface area contributed by atoms with Gasteiger partial charge in [-0.3, -0.25) is 9.59 Å². The van der Waals surface area contributed by atoms with Crippen LogP contribution in [0.5, 0.6) is 0 Å². The molecule has 214 valence electrons. The topological polar surface area (TPSA) is 105 Å². The lowest BCUT2D eigenvalue weighted by Crippen LogP contribution is -2.58. The van der Waals surface area contributed by atoms with Gasteiger partial charge in [0.15, 0.2) is 0 Å². The highest BCUT2D eigenvalue weighted by molar-refractivity contribution is 5.93. The van der Waals surface area contributed by atoms with E-state index in [2.05, 4.69) is 32.3 Å². The average molecular weight is 535 g/mol. The van der Waals surface area contributed by atoms with Crippen molar-refractivity contribution in [2.24, 2.45) is 11.8 Å². The lowest BCUT2D eigenvalue weighted by atomic mass is 9.91. The van der Waals surface area contributed by atoms with E-state index in [0.29, 0.717) is 58.1 Å². The minimum absolute atomic E-state index is 0.0511. The molecule has 0 aliphatic carbocycles. The van der Waals surface area contributed by atoms with Crippen LogP contribution in [0.3, 0.4) is 0 Å². The predicted octanol–water partition coefficient (Wildman–Crippen LogP) is 3.36. The van der Waals surface area contributed by atoms with Gasteiger partial charge in [-0.1, -0.05) is 27.7 Å². The van der Waals surface area contributed by atoms with Gasteiger partial charge in [0, 0.05) is 58.7 Å². The third-order valence-electron chi connectivity index (χ3n) is 7.44. The standard InChI is InChI=1S/C28H46N4O6/c1-20(2)17-32(27(34)25-9-8-24(21(3)4)31(25)10-6-7-13-37-5)23-16-22(18-30(19-23)28(35)36)26(33)29-11-14-38-15-12-29/h8-9,20-23H,6-7,10-19H2,1-5H3,(H,35,36)/t22-,23+/m1/s1. The Labute approximate surface area is 226 Å². The number of piperidine rings is 1. The maximum absolute atomic E-state index is 14.2. The van der Waals surface area contributed by atoms with Crippen LogP contribution in [0, 0.1) is 11.8 Å². The third kappa shape index (κ3) is 7.50. The van der Waals surface area contributed by atoms with Gasteiger partial charge < -0.3 is 33.8 Å². The number of hydrogen-bond donors (Lipinski definition) is 1. The van der Waals surface area contributed by atoms with Crippen LogP contribution in [0.4, 0.5) is 4.79 Å². The number of nitrogens with zero attached hydrogens (tertiary/aromatic N) is 4. The van der Waals surface area contributed by atoms with Gasteiger partial charge >= 0.3 is 6.09 Å². The number of carboxylic acid groups (broad SMARTS) is 1. The summed E-state index contributed by atoms with van der Waals surface area (Å²) in [6, 6.07) is 3.54. The Hall–Kier alpha value is -2.59. The first kappa shape index (κ1) is 30.0. The second-order valence-corrected chi connectivity index (χ2v) is 11.2. The van der Waals surface area contributed by atoms with Crippen LogP contribution < -0.4 is 0 Å². The molecule has 10 heteroatoms. The maximum atomic E-state index is 14.2. The van der Waals surface area contributed by atoms with E-state index in [4.69, 9.17) is 9.47 Å². The molecule has 0 spiro atoms. The Kier molecular flexibility index (Phi) is 11.0. The number of ether oxygens (including phenoxy) is 2. The zero-order chi connectivity index (χ0) is 27.8. The van der Waals surface area contributed by atoms with E-state index in [1.807, 2.05) is 17.0 Å². The zero-order valence-electron chi connectivity index (χ0n) is 23.7. The number of likely N-dealkylation sites (tertiary alicyclic amines) is 1. The van der Waals surface area contributed by atoms with E-state index in [1.165, 1.54) is 4.90 Å². The minimum atomic E-state index is -1.06. The highest BCUT2D eigenvalue weighted by Gasteiger charge is 2.40. The molecule has 2 saturated heterocycles. The third-order valence-corrected chi connectivity index (χ3v) is 7.44. The first-order chi connectivity index (χ1) is 18.1. The van der Waals surface area contributed by atoms with Gasteiger partial charge in [0.05, 0.1) is 25.2 Å². The summed E-state index contributed by atoms with van der Waals surface area (Å²) < 4.78 is 12.7. The number of methoxy groups -OCH3 is 1. The molecule has 2 aliphatic rings. The fourth-order valence-corrected chi connectivity index (χ4v) is 5.55. The number of aromatic nitrogens is 1. The summed E-state index contributed by atoms with van der Waals surface area (Å²) in [6.45, 7) is 12.6. The summed E-state index contributed by atoms with van der Waals surface area (Å²) in [5, 5.41) is 9.90. The molecule has 3 heterocycles. The van der Waals surface area contributed by atoms with Crippen molar-refractivity contribution >= 4 is 17.9 Å². The van der Waals surface area contributed by atoms with Crippen LogP contribution in [0.25, 0.3) is 0 Å². The van der Waals surface area contributed by atoms with E-state index in [9.17, 15) is 19.5 Å². The second-order valence-electron chi connectivity index (χ2n) is 11.2. The summed E-state index contributed by atoms with van der Waals surface area (Å²) in [5.74, 6) is -0.207. The van der Waals surface area contributed by atoms with Crippen molar-refractivity contribution in [2.45, 2.75) is 65.5 Å². The largest absolute Gasteiger partial charge is 0.465 e. The summed E-state index contributed by atoms with van der Waals surface area (Å²) in [7, 11) is 1.69. The molecule has 2 atom stereocenters. The summed E-state index contributed by atoms with van der Waals surface area (Å²) in [4.78, 5) is 44.6. The Morgan fingerprint density at radius 2 is 1.79 bits per heavy atom. The van der Waals surface area contributed by atoms with E-state index in [-0.39, 0.29) is 42.8 Å². The normalized spacial score (nSPS) is 20.3. The molecule has 1 N–H and O–H groups in total. The molecule has 0 saturated carbocycles. The van der Waals surface area contributed by atoms with E-state index in [0.717, 1.165) is 18.5 Å². The Bertz CT molecular complexity index is 940. The second kappa shape index (κ2) is 14.0. The Morgan fingerprint density at radius 3 is 2.39 bits per heavy atom. The Morgan fingerprint density at radius 1 is 1.08 bits per heavy atom. The summed E-state index contributed by atoms with van der Waals surface area (Å²) in [6.07, 6.45) is 1.18. The summed E-state index contributed by atoms with van der Waals surface area (Å²) >= 11 is 0. The molecule has 10 nitrogen and oxygen atoms in total. The number of carbonyl (C=O) groups is 3. The molecule has 0 unspecified atom stereocenters. The minimum Gasteiger partial charge on any atom is -0.465 e. The SMILES string of the molecule is COCCCCn1c(C(=O)N(CC(C)C)[C@H]2C[C@@H](C(=O)N3CCOCC3)CN(C(=O)O)C2)ccc1C(C)C. The first-order valence-electron chi connectivity index (χ1n) is 14.0. The summed E-state index contributed by atoms with van der Waals surface area (Å²) in [5.41, 5.74) is 1.72.